The first kappa shape index (κ1) is 55.5. The van der Waals surface area contributed by atoms with Crippen molar-refractivity contribution in [2.75, 3.05) is 39.7 Å². The van der Waals surface area contributed by atoms with Crippen molar-refractivity contribution in [3.63, 3.8) is 0 Å². The van der Waals surface area contributed by atoms with Crippen LogP contribution in [-0.2, 0) is 56.0 Å². The zero-order valence-corrected chi connectivity index (χ0v) is 41.4. The monoisotopic (exact) mass is 960 g/mol. The zero-order valence-electron chi connectivity index (χ0n) is 41.4. The number of likely N-dealkylation sites (N-methyl/N-ethyl adjacent to an activating group) is 1. The summed E-state index contributed by atoms with van der Waals surface area (Å²) in [5.74, 6) is -3.51. The molecule has 18 heteroatoms. The molecule has 1 saturated heterocycles. The smallest absolute Gasteiger partial charge is 0.405 e. The molecule has 2 aliphatic rings. The number of rotatable bonds is 27. The molecule has 8 amide bonds. The van der Waals surface area contributed by atoms with Crippen LogP contribution in [0.15, 0.2) is 66.7 Å². The van der Waals surface area contributed by atoms with E-state index in [4.69, 9.17) is 9.47 Å². The average Bonchev–Trinajstić information content (AvgIpc) is 3.95. The van der Waals surface area contributed by atoms with Gasteiger partial charge in [-0.05, 0) is 60.8 Å². The van der Waals surface area contributed by atoms with Crippen LogP contribution in [0.3, 0.4) is 0 Å². The third-order valence-electron chi connectivity index (χ3n) is 13.3. The van der Waals surface area contributed by atoms with E-state index in [0.29, 0.717) is 63.7 Å². The Morgan fingerprint density at radius 1 is 0.841 bits per heavy atom. The lowest BCUT2D eigenvalue weighted by molar-refractivity contribution is -0.147. The van der Waals surface area contributed by atoms with Crippen LogP contribution in [0.25, 0.3) is 0 Å². The van der Waals surface area contributed by atoms with Gasteiger partial charge in [0.2, 0.25) is 29.5 Å². The summed E-state index contributed by atoms with van der Waals surface area (Å²) in [6.07, 6.45) is 4.00. The van der Waals surface area contributed by atoms with E-state index in [0.717, 1.165) is 11.1 Å². The number of nitrogens with one attached hydrogen (secondary N) is 4. The SMILES string of the molecule is CC[C@H](C)[C@@H]([C@H](CC(=O)N1CCC[C@H]1[C@H](OC)[C@@H](C)C(=O)N[C@@H](Cc1ccccc1)C(=O)Nc1ccc(CNC(=O)CCCCCN2C(=O)C=CC2=O)cc1)OC)N(C)C(=O)[C@@H](NC(=O)O)C(C)C. The van der Waals surface area contributed by atoms with E-state index in [2.05, 4.69) is 21.3 Å². The van der Waals surface area contributed by atoms with Crippen molar-refractivity contribution in [1.29, 1.82) is 0 Å². The number of hydrogen-bond acceptors (Lipinski definition) is 10. The predicted octanol–water partition coefficient (Wildman–Crippen LogP) is 4.67. The van der Waals surface area contributed by atoms with E-state index in [1.54, 1.807) is 57.0 Å². The molecule has 0 saturated carbocycles. The molecule has 4 rings (SSSR count). The first-order valence-corrected chi connectivity index (χ1v) is 24.1. The summed E-state index contributed by atoms with van der Waals surface area (Å²) >= 11 is 0. The van der Waals surface area contributed by atoms with Gasteiger partial charge in [-0.1, -0.05) is 89.9 Å². The van der Waals surface area contributed by atoms with Crippen molar-refractivity contribution in [3.05, 3.63) is 77.9 Å². The highest BCUT2D eigenvalue weighted by molar-refractivity contribution is 6.12. The van der Waals surface area contributed by atoms with Crippen LogP contribution in [0.5, 0.6) is 0 Å². The molecule has 2 heterocycles. The molecule has 0 unspecified atom stereocenters. The van der Waals surface area contributed by atoms with Gasteiger partial charge < -0.3 is 45.6 Å². The van der Waals surface area contributed by atoms with Crippen molar-refractivity contribution in [2.24, 2.45) is 17.8 Å². The Kier molecular flexibility index (Phi) is 21.8. The van der Waals surface area contributed by atoms with Crippen LogP contribution < -0.4 is 21.3 Å². The molecule has 2 aliphatic heterocycles. The van der Waals surface area contributed by atoms with Crippen LogP contribution >= 0.6 is 0 Å². The van der Waals surface area contributed by atoms with E-state index in [1.807, 2.05) is 44.2 Å². The minimum atomic E-state index is -1.31. The van der Waals surface area contributed by atoms with Crippen LogP contribution in [0.2, 0.25) is 0 Å². The largest absolute Gasteiger partial charge is 0.465 e. The number of benzene rings is 2. The fourth-order valence-corrected chi connectivity index (χ4v) is 9.14. The van der Waals surface area contributed by atoms with Crippen molar-refractivity contribution in [1.82, 2.24) is 30.7 Å². The Hall–Kier alpha value is -6.14. The Labute approximate surface area is 406 Å². The van der Waals surface area contributed by atoms with Crippen molar-refractivity contribution >= 4 is 53.1 Å². The molecule has 69 heavy (non-hydrogen) atoms. The Morgan fingerprint density at radius 2 is 1.51 bits per heavy atom. The average molecular weight is 960 g/mol. The molecule has 0 aromatic heterocycles. The minimum Gasteiger partial charge on any atom is -0.465 e. The van der Waals surface area contributed by atoms with Gasteiger partial charge in [0.15, 0.2) is 0 Å². The molecule has 1 fully saturated rings. The summed E-state index contributed by atoms with van der Waals surface area (Å²) in [5, 5.41) is 20.6. The molecule has 378 valence electrons. The lowest BCUT2D eigenvalue weighted by atomic mass is 9.89. The maximum Gasteiger partial charge on any atom is 0.405 e. The molecule has 2 aromatic carbocycles. The van der Waals surface area contributed by atoms with E-state index >= 15 is 0 Å². The molecule has 0 spiro atoms. The summed E-state index contributed by atoms with van der Waals surface area (Å²) in [5.41, 5.74) is 2.14. The van der Waals surface area contributed by atoms with Gasteiger partial charge in [0.1, 0.15) is 12.1 Å². The summed E-state index contributed by atoms with van der Waals surface area (Å²) in [6, 6.07) is 13.3. The Balaban J connectivity index is 1.38. The number of ether oxygens (including phenoxy) is 2. The quantitative estimate of drug-likeness (QED) is 0.0610. The van der Waals surface area contributed by atoms with E-state index in [-0.39, 0.29) is 54.9 Å². The van der Waals surface area contributed by atoms with E-state index in [9.17, 15) is 43.5 Å². The number of carbonyl (C=O) groups is 8. The van der Waals surface area contributed by atoms with Gasteiger partial charge in [-0.2, -0.15) is 0 Å². The number of amides is 8. The highest BCUT2D eigenvalue weighted by Crippen LogP contribution is 2.30. The highest BCUT2D eigenvalue weighted by atomic mass is 16.5. The fraction of sp³-hybridized carbons (Fsp3) is 0.569. The second kappa shape index (κ2) is 27.2. The number of imide groups is 1. The number of unbranched alkanes of at least 4 members (excludes halogenated alkanes) is 2. The van der Waals surface area contributed by atoms with Crippen molar-refractivity contribution < 1.29 is 52.9 Å². The molecule has 0 radical (unpaired) electrons. The van der Waals surface area contributed by atoms with E-state index in [1.165, 1.54) is 36.2 Å². The number of methoxy groups -OCH3 is 2. The molecule has 18 nitrogen and oxygen atoms in total. The molecule has 0 bridgehead atoms. The third kappa shape index (κ3) is 16.0. The van der Waals surface area contributed by atoms with Gasteiger partial charge >= 0.3 is 6.09 Å². The maximum absolute atomic E-state index is 14.3. The number of nitrogens with zero attached hydrogens (tertiary/aromatic N) is 3. The minimum absolute atomic E-state index is 0.0705. The zero-order chi connectivity index (χ0) is 50.8. The number of likely N-dealkylation sites (tertiary alicyclic amines) is 1. The van der Waals surface area contributed by atoms with Crippen LogP contribution in [0, 0.1) is 17.8 Å². The number of hydrogen-bond donors (Lipinski definition) is 5. The topological polar surface area (TPSA) is 233 Å². The summed E-state index contributed by atoms with van der Waals surface area (Å²) in [4.78, 5) is 108. The standard InChI is InChI=1S/C51H73N7O11/c1-9-33(4)46(56(6)50(65)45(32(2)3)55-51(66)67)40(68-7)30-44(62)57-28-16-19-39(57)47(69-8)34(5)48(63)54-38(29-35-17-12-10-13-18-35)49(64)53-37-23-21-36(22-24-37)31-52-41(59)20-14-11-15-27-58-42(60)25-26-43(58)61/h10,12-13,17-18,21-26,32-34,38-40,45-47,55H,9,11,14-16,19-20,27-31H2,1-8H3,(H,52,59)(H,53,64)(H,54,63)(H,66,67)/t33-,34+,38-,39-,40-,45-,46-,47+/m0/s1. The lowest BCUT2D eigenvalue weighted by Crippen LogP contribution is -2.57. The number of carboxylic acid groups (broad SMARTS) is 1. The fourth-order valence-electron chi connectivity index (χ4n) is 9.14. The number of anilines is 1. The molecule has 5 N–H and O–H groups in total. The van der Waals surface area contributed by atoms with Gasteiger partial charge in [-0.3, -0.25) is 38.5 Å². The summed E-state index contributed by atoms with van der Waals surface area (Å²) in [7, 11) is 4.60. The van der Waals surface area contributed by atoms with Crippen LogP contribution in [-0.4, -0.2) is 138 Å². The highest BCUT2D eigenvalue weighted by Gasteiger charge is 2.43. The normalized spacial score (nSPS) is 17.7. The summed E-state index contributed by atoms with van der Waals surface area (Å²) < 4.78 is 11.9. The van der Waals surface area contributed by atoms with Crippen molar-refractivity contribution in [3.8, 4) is 0 Å². The summed E-state index contributed by atoms with van der Waals surface area (Å²) in [6.45, 7) is 10.2. The maximum atomic E-state index is 14.3. The lowest BCUT2D eigenvalue weighted by Gasteiger charge is -2.40. The van der Waals surface area contributed by atoms with Gasteiger partial charge in [-0.15, -0.1) is 0 Å². The second-order valence-electron chi connectivity index (χ2n) is 18.4. The van der Waals surface area contributed by atoms with Crippen LogP contribution in [0.1, 0.15) is 97.1 Å². The van der Waals surface area contributed by atoms with Gasteiger partial charge in [0.05, 0.1) is 36.6 Å². The predicted molar refractivity (Wildman–Crippen MR) is 259 cm³/mol. The molecular weight excluding hydrogens is 887 g/mol. The van der Waals surface area contributed by atoms with E-state index < -0.39 is 66.1 Å². The van der Waals surface area contributed by atoms with Gasteiger partial charge in [0, 0.05) is 71.6 Å². The Morgan fingerprint density at radius 3 is 2.10 bits per heavy atom. The van der Waals surface area contributed by atoms with Gasteiger partial charge in [-0.25, -0.2) is 4.79 Å². The molecular formula is C51H73N7O11. The number of carbonyl (C=O) groups excluding carboxylic acids is 7. The molecule has 0 aliphatic carbocycles. The second-order valence-corrected chi connectivity index (χ2v) is 18.4. The molecule has 8 atom stereocenters. The first-order chi connectivity index (χ1) is 32.9. The van der Waals surface area contributed by atoms with Gasteiger partial charge in [0.25, 0.3) is 11.8 Å². The Bertz CT molecular complexity index is 2080. The third-order valence-corrected chi connectivity index (χ3v) is 13.3. The van der Waals surface area contributed by atoms with Crippen molar-refractivity contribution in [2.45, 2.75) is 135 Å². The first-order valence-electron chi connectivity index (χ1n) is 24.1. The van der Waals surface area contributed by atoms with Crippen LogP contribution in [0.4, 0.5) is 10.5 Å². The molecule has 2 aromatic rings.